The third-order valence-corrected chi connectivity index (χ3v) is 5.03. The summed E-state index contributed by atoms with van der Waals surface area (Å²) in [4.78, 5) is 14.3. The van der Waals surface area contributed by atoms with Crippen molar-refractivity contribution in [1.82, 2.24) is 10.2 Å². The lowest BCUT2D eigenvalue weighted by atomic mass is 9.88. The van der Waals surface area contributed by atoms with E-state index in [1.165, 1.54) is 6.08 Å². The van der Waals surface area contributed by atoms with Crippen LogP contribution in [0.25, 0.3) is 0 Å². The van der Waals surface area contributed by atoms with E-state index in [9.17, 15) is 13.2 Å². The summed E-state index contributed by atoms with van der Waals surface area (Å²) < 4.78 is 22.1. The molecule has 1 saturated heterocycles. The fourth-order valence-electron chi connectivity index (χ4n) is 2.86. The number of rotatable bonds is 4. The van der Waals surface area contributed by atoms with Gasteiger partial charge < -0.3 is 10.2 Å². The fraction of sp³-hybridized carbons (Fsp3) is 0.471. The first-order valence-electron chi connectivity index (χ1n) is 7.93. The summed E-state index contributed by atoms with van der Waals surface area (Å²) >= 11 is 5.95. The van der Waals surface area contributed by atoms with Crippen LogP contribution >= 0.6 is 11.6 Å². The van der Waals surface area contributed by atoms with Gasteiger partial charge in [0.25, 0.3) is 0 Å². The van der Waals surface area contributed by atoms with Crippen LogP contribution in [-0.2, 0) is 9.84 Å². The molecule has 132 valence electrons. The molecule has 0 aromatic heterocycles. The minimum atomic E-state index is -3.17. The molecule has 1 heterocycles. The highest BCUT2D eigenvalue weighted by molar-refractivity contribution is 7.93. The third kappa shape index (κ3) is 5.53. The lowest BCUT2D eigenvalue weighted by Crippen LogP contribution is -2.46. The zero-order valence-electron chi connectivity index (χ0n) is 13.9. The van der Waals surface area contributed by atoms with Crippen molar-refractivity contribution in [3.63, 3.8) is 0 Å². The molecule has 0 bridgehead atoms. The van der Waals surface area contributed by atoms with Crippen molar-refractivity contribution in [2.75, 3.05) is 19.3 Å². The maximum absolute atomic E-state index is 12.5. The van der Waals surface area contributed by atoms with Crippen LogP contribution in [-0.4, -0.2) is 38.7 Å². The molecule has 1 aliphatic heterocycles. The van der Waals surface area contributed by atoms with Gasteiger partial charge in [-0.15, -0.1) is 0 Å². The second kappa shape index (κ2) is 8.03. The first-order valence-corrected chi connectivity index (χ1v) is 10.3. The van der Waals surface area contributed by atoms with E-state index in [1.807, 2.05) is 29.2 Å². The monoisotopic (exact) mass is 370 g/mol. The van der Waals surface area contributed by atoms with Crippen LogP contribution in [0.3, 0.4) is 0 Å². The van der Waals surface area contributed by atoms with Gasteiger partial charge in [-0.1, -0.05) is 36.7 Å². The predicted octanol–water partition coefficient (Wildman–Crippen LogP) is 3.38. The second-order valence-corrected chi connectivity index (χ2v) is 8.65. The SMILES string of the molecule is C[C@@H]1CCN(C(=O)NC/C=C/S(C)(=O)=O)[C@H](c2ccc(Cl)cc2)C1. The van der Waals surface area contributed by atoms with E-state index in [-0.39, 0.29) is 18.6 Å². The van der Waals surface area contributed by atoms with Crippen molar-refractivity contribution >= 4 is 27.5 Å². The number of nitrogens with zero attached hydrogens (tertiary/aromatic N) is 1. The molecule has 5 nitrogen and oxygen atoms in total. The fourth-order valence-corrected chi connectivity index (χ4v) is 3.43. The standard InChI is InChI=1S/C17H23ClN2O3S/c1-13-8-10-20(17(21)19-9-3-11-24(2,22)23)16(12-13)14-4-6-15(18)7-5-14/h3-7,11,13,16H,8-10,12H2,1-2H3,(H,19,21)/b11-3+/t13-,16+/m1/s1. The van der Waals surface area contributed by atoms with Crippen molar-refractivity contribution in [1.29, 1.82) is 0 Å². The van der Waals surface area contributed by atoms with E-state index in [2.05, 4.69) is 12.2 Å². The Balaban J connectivity index is 2.06. The molecule has 1 N–H and O–H groups in total. The summed E-state index contributed by atoms with van der Waals surface area (Å²) in [5, 5.41) is 4.53. The average Bonchev–Trinajstić information content (AvgIpc) is 2.51. The van der Waals surface area contributed by atoms with Crippen molar-refractivity contribution in [2.24, 2.45) is 5.92 Å². The van der Waals surface area contributed by atoms with Crippen molar-refractivity contribution in [2.45, 2.75) is 25.8 Å². The summed E-state index contributed by atoms with van der Waals surface area (Å²) in [7, 11) is -3.17. The number of likely N-dealkylation sites (tertiary alicyclic amines) is 1. The van der Waals surface area contributed by atoms with E-state index in [0.717, 1.165) is 30.1 Å². The first kappa shape index (κ1) is 18.8. The first-order chi connectivity index (χ1) is 11.3. The van der Waals surface area contributed by atoms with Crippen molar-refractivity contribution in [3.05, 3.63) is 46.3 Å². The molecule has 2 atom stereocenters. The van der Waals surface area contributed by atoms with Gasteiger partial charge in [0.05, 0.1) is 6.04 Å². The van der Waals surface area contributed by atoms with Gasteiger partial charge >= 0.3 is 6.03 Å². The van der Waals surface area contributed by atoms with E-state index in [0.29, 0.717) is 17.5 Å². The van der Waals surface area contributed by atoms with Gasteiger partial charge in [-0.2, -0.15) is 0 Å². The molecule has 24 heavy (non-hydrogen) atoms. The molecule has 0 saturated carbocycles. The number of amides is 2. The molecule has 0 spiro atoms. The maximum Gasteiger partial charge on any atom is 0.318 e. The van der Waals surface area contributed by atoms with Crippen LogP contribution in [0, 0.1) is 5.92 Å². The number of benzene rings is 1. The Morgan fingerprint density at radius 3 is 2.67 bits per heavy atom. The highest BCUT2D eigenvalue weighted by Gasteiger charge is 2.30. The van der Waals surface area contributed by atoms with Crippen LogP contribution in [0.2, 0.25) is 5.02 Å². The van der Waals surface area contributed by atoms with Gasteiger partial charge in [0.15, 0.2) is 9.84 Å². The largest absolute Gasteiger partial charge is 0.334 e. The maximum atomic E-state index is 12.5. The number of halogens is 1. The number of piperidine rings is 1. The molecule has 1 aromatic rings. The normalized spacial score (nSPS) is 21.9. The van der Waals surface area contributed by atoms with Gasteiger partial charge in [0.2, 0.25) is 0 Å². The molecule has 2 amide bonds. The van der Waals surface area contributed by atoms with Crippen LogP contribution in [0.1, 0.15) is 31.4 Å². The zero-order valence-corrected chi connectivity index (χ0v) is 15.5. The van der Waals surface area contributed by atoms with E-state index < -0.39 is 9.84 Å². The van der Waals surface area contributed by atoms with Crippen LogP contribution in [0.15, 0.2) is 35.7 Å². The molecule has 2 rings (SSSR count). The Labute approximate surface area is 148 Å². The number of urea groups is 1. The summed E-state index contributed by atoms with van der Waals surface area (Å²) in [5.74, 6) is 0.542. The molecule has 7 heteroatoms. The highest BCUT2D eigenvalue weighted by Crippen LogP contribution is 2.34. The highest BCUT2D eigenvalue weighted by atomic mass is 35.5. The van der Waals surface area contributed by atoms with E-state index in [1.54, 1.807) is 0 Å². The van der Waals surface area contributed by atoms with Gasteiger partial charge in [0, 0.05) is 29.8 Å². The molecule has 1 fully saturated rings. The quantitative estimate of drug-likeness (QED) is 0.883. The van der Waals surface area contributed by atoms with E-state index >= 15 is 0 Å². The second-order valence-electron chi connectivity index (χ2n) is 6.28. The summed E-state index contributed by atoms with van der Waals surface area (Å²) in [6, 6.07) is 7.40. The Morgan fingerprint density at radius 1 is 1.38 bits per heavy atom. The predicted molar refractivity (Wildman–Crippen MR) is 96.7 cm³/mol. The summed E-state index contributed by atoms with van der Waals surface area (Å²) in [5.41, 5.74) is 1.06. The van der Waals surface area contributed by atoms with Crippen LogP contribution < -0.4 is 5.32 Å². The van der Waals surface area contributed by atoms with Gasteiger partial charge in [-0.3, -0.25) is 0 Å². The van der Waals surface area contributed by atoms with Gasteiger partial charge in [0.1, 0.15) is 0 Å². The Morgan fingerprint density at radius 2 is 2.04 bits per heavy atom. The summed E-state index contributed by atoms with van der Waals surface area (Å²) in [6.07, 6.45) is 4.41. The third-order valence-electron chi connectivity index (χ3n) is 4.09. The number of carbonyl (C=O) groups excluding carboxylic acids is 1. The minimum absolute atomic E-state index is 0.00454. The van der Waals surface area contributed by atoms with Gasteiger partial charge in [-0.05, 0) is 36.5 Å². The Kier molecular flexibility index (Phi) is 6.29. The van der Waals surface area contributed by atoms with Crippen molar-refractivity contribution < 1.29 is 13.2 Å². The van der Waals surface area contributed by atoms with E-state index in [4.69, 9.17) is 11.6 Å². The van der Waals surface area contributed by atoms with Gasteiger partial charge in [-0.25, -0.2) is 13.2 Å². The molecule has 0 unspecified atom stereocenters. The average molecular weight is 371 g/mol. The Hall–Kier alpha value is -1.53. The summed E-state index contributed by atoms with van der Waals surface area (Å²) in [6.45, 7) is 3.05. The smallest absolute Gasteiger partial charge is 0.318 e. The molecule has 1 aromatic carbocycles. The molecular weight excluding hydrogens is 348 g/mol. The number of carbonyl (C=O) groups is 1. The molecule has 0 radical (unpaired) electrons. The van der Waals surface area contributed by atoms with Crippen LogP contribution in [0.4, 0.5) is 4.79 Å². The van der Waals surface area contributed by atoms with Crippen LogP contribution in [0.5, 0.6) is 0 Å². The molecule has 1 aliphatic rings. The number of hydrogen-bond acceptors (Lipinski definition) is 3. The lowest BCUT2D eigenvalue weighted by Gasteiger charge is -2.38. The Bertz CT molecular complexity index is 701. The number of sulfone groups is 1. The number of hydrogen-bond donors (Lipinski definition) is 1. The van der Waals surface area contributed by atoms with Crippen molar-refractivity contribution in [3.8, 4) is 0 Å². The molecule has 0 aliphatic carbocycles. The topological polar surface area (TPSA) is 66.5 Å². The zero-order chi connectivity index (χ0) is 17.7. The molecular formula is C17H23ClN2O3S. The number of nitrogens with one attached hydrogen (secondary N) is 1. The minimum Gasteiger partial charge on any atom is -0.334 e. The lowest BCUT2D eigenvalue weighted by molar-refractivity contribution is 0.132.